The van der Waals surface area contributed by atoms with E-state index in [0.717, 1.165) is 29.1 Å². The number of carbonyl (C=O) groups excluding carboxylic acids is 1. The first-order chi connectivity index (χ1) is 13.0. The molecule has 27 heavy (non-hydrogen) atoms. The number of nitrogens with zero attached hydrogens (tertiary/aromatic N) is 2. The van der Waals surface area contributed by atoms with Gasteiger partial charge in [0.2, 0.25) is 0 Å². The average molecular weight is 390 g/mol. The SMILES string of the molecule is CCC[NH+](CC(=O)Nc1ccc(Cl)cc1C)Cc1nnc(-c2ccco2)o1. The second-order valence-corrected chi connectivity index (χ2v) is 6.78. The predicted molar refractivity (Wildman–Crippen MR) is 102 cm³/mol. The van der Waals surface area contributed by atoms with Gasteiger partial charge < -0.3 is 19.1 Å². The van der Waals surface area contributed by atoms with Crippen molar-refractivity contribution in [2.45, 2.75) is 26.8 Å². The molecular formula is C19H22ClN4O3+. The zero-order valence-electron chi connectivity index (χ0n) is 15.3. The van der Waals surface area contributed by atoms with E-state index in [1.165, 1.54) is 0 Å². The fraction of sp³-hybridized carbons (Fsp3) is 0.316. The third kappa shape index (κ3) is 5.18. The van der Waals surface area contributed by atoms with Crippen LogP contribution < -0.4 is 10.2 Å². The molecule has 1 unspecified atom stereocenters. The molecule has 2 aromatic heterocycles. The molecule has 0 saturated heterocycles. The van der Waals surface area contributed by atoms with E-state index in [4.69, 9.17) is 20.4 Å². The highest BCUT2D eigenvalue weighted by atomic mass is 35.5. The van der Waals surface area contributed by atoms with Crippen LogP contribution in [-0.2, 0) is 11.3 Å². The summed E-state index contributed by atoms with van der Waals surface area (Å²) in [4.78, 5) is 13.5. The van der Waals surface area contributed by atoms with Crippen LogP contribution in [0.1, 0.15) is 24.8 Å². The molecule has 3 aromatic rings. The second-order valence-electron chi connectivity index (χ2n) is 6.34. The Kier molecular flexibility index (Phi) is 6.26. The number of quaternary nitrogens is 1. The lowest BCUT2D eigenvalue weighted by molar-refractivity contribution is -0.907. The van der Waals surface area contributed by atoms with Crippen LogP contribution in [0.4, 0.5) is 5.69 Å². The number of furan rings is 1. The Morgan fingerprint density at radius 2 is 2.15 bits per heavy atom. The molecule has 142 valence electrons. The van der Waals surface area contributed by atoms with Gasteiger partial charge in [-0.1, -0.05) is 18.5 Å². The summed E-state index contributed by atoms with van der Waals surface area (Å²) in [5.74, 6) is 1.27. The third-order valence-electron chi connectivity index (χ3n) is 4.08. The second kappa shape index (κ2) is 8.83. The number of rotatable bonds is 8. The van der Waals surface area contributed by atoms with E-state index in [9.17, 15) is 4.79 Å². The number of nitrogens with one attached hydrogen (secondary N) is 2. The minimum atomic E-state index is -0.0744. The van der Waals surface area contributed by atoms with Crippen LogP contribution in [0.2, 0.25) is 5.02 Å². The average Bonchev–Trinajstić information content (AvgIpc) is 3.29. The first-order valence-electron chi connectivity index (χ1n) is 8.81. The van der Waals surface area contributed by atoms with Crippen molar-refractivity contribution in [1.82, 2.24) is 10.2 Å². The van der Waals surface area contributed by atoms with Crippen LogP contribution in [-0.4, -0.2) is 29.2 Å². The predicted octanol–water partition coefficient (Wildman–Crippen LogP) is 2.73. The molecule has 1 amide bonds. The third-order valence-corrected chi connectivity index (χ3v) is 4.31. The highest BCUT2D eigenvalue weighted by molar-refractivity contribution is 6.30. The van der Waals surface area contributed by atoms with Crippen LogP contribution in [0.15, 0.2) is 45.4 Å². The van der Waals surface area contributed by atoms with Gasteiger partial charge in [-0.3, -0.25) is 4.79 Å². The maximum absolute atomic E-state index is 12.5. The highest BCUT2D eigenvalue weighted by Gasteiger charge is 2.19. The molecule has 0 bridgehead atoms. The number of hydrogen-bond donors (Lipinski definition) is 2. The van der Waals surface area contributed by atoms with E-state index in [0.29, 0.717) is 35.7 Å². The molecule has 1 aromatic carbocycles. The molecule has 8 heteroatoms. The van der Waals surface area contributed by atoms with Crippen molar-refractivity contribution >= 4 is 23.2 Å². The lowest BCUT2D eigenvalue weighted by Gasteiger charge is -2.17. The zero-order chi connectivity index (χ0) is 19.2. The molecular weight excluding hydrogens is 368 g/mol. The number of benzene rings is 1. The summed E-state index contributed by atoms with van der Waals surface area (Å²) < 4.78 is 10.9. The largest absolute Gasteiger partial charge is 0.459 e. The molecule has 0 aliphatic carbocycles. The van der Waals surface area contributed by atoms with Crippen LogP contribution >= 0.6 is 11.6 Å². The standard InChI is InChI=1S/C19H21ClN4O3/c1-3-8-24(11-17(25)21-15-7-6-14(20)10-13(15)2)12-18-22-23-19(27-18)16-5-4-9-26-16/h4-7,9-10H,3,8,11-12H2,1-2H3,(H,21,25)/p+1. The molecule has 2 N–H and O–H groups in total. The van der Waals surface area contributed by atoms with Crippen LogP contribution in [0.5, 0.6) is 0 Å². The molecule has 7 nitrogen and oxygen atoms in total. The van der Waals surface area contributed by atoms with Crippen molar-refractivity contribution in [3.8, 4) is 11.7 Å². The maximum Gasteiger partial charge on any atom is 0.283 e. The van der Waals surface area contributed by atoms with Crippen molar-refractivity contribution < 1.29 is 18.5 Å². The Hall–Kier alpha value is -2.64. The smallest absolute Gasteiger partial charge is 0.283 e. The number of anilines is 1. The quantitative estimate of drug-likeness (QED) is 0.618. The van der Waals surface area contributed by atoms with Crippen molar-refractivity contribution in [3.63, 3.8) is 0 Å². The van der Waals surface area contributed by atoms with Crippen LogP contribution in [0.3, 0.4) is 0 Å². The van der Waals surface area contributed by atoms with Gasteiger partial charge in [0.1, 0.15) is 0 Å². The van der Waals surface area contributed by atoms with Gasteiger partial charge in [0.25, 0.3) is 17.7 Å². The first-order valence-corrected chi connectivity index (χ1v) is 9.18. The van der Waals surface area contributed by atoms with Gasteiger partial charge in [0.05, 0.1) is 12.8 Å². The van der Waals surface area contributed by atoms with Crippen LogP contribution in [0, 0.1) is 6.92 Å². The summed E-state index contributed by atoms with van der Waals surface area (Å²) in [5.41, 5.74) is 1.69. The van der Waals surface area contributed by atoms with Gasteiger partial charge >= 0.3 is 0 Å². The molecule has 1 atom stereocenters. The van der Waals surface area contributed by atoms with Crippen molar-refractivity contribution in [1.29, 1.82) is 0 Å². The summed E-state index contributed by atoms with van der Waals surface area (Å²) in [5, 5.41) is 11.7. The Morgan fingerprint density at radius 3 is 2.85 bits per heavy atom. The first kappa shape index (κ1) is 19.1. The number of hydrogen-bond acceptors (Lipinski definition) is 5. The molecule has 0 saturated carbocycles. The van der Waals surface area contributed by atoms with E-state index in [-0.39, 0.29) is 5.91 Å². The fourth-order valence-electron chi connectivity index (χ4n) is 2.82. The molecule has 3 rings (SSSR count). The Balaban J connectivity index is 1.62. The number of aromatic nitrogens is 2. The molecule has 0 spiro atoms. The minimum absolute atomic E-state index is 0.0744. The van der Waals surface area contributed by atoms with E-state index >= 15 is 0 Å². The fourth-order valence-corrected chi connectivity index (χ4v) is 3.05. The summed E-state index contributed by atoms with van der Waals surface area (Å²) in [6, 6.07) is 8.91. The van der Waals surface area contributed by atoms with Crippen molar-refractivity contribution in [2.24, 2.45) is 0 Å². The monoisotopic (exact) mass is 389 g/mol. The van der Waals surface area contributed by atoms with Crippen molar-refractivity contribution in [3.05, 3.63) is 53.1 Å². The number of aryl methyl sites for hydroxylation is 1. The number of amides is 1. The number of halogens is 1. The molecule has 0 fully saturated rings. The zero-order valence-corrected chi connectivity index (χ0v) is 16.0. The molecule has 0 aliphatic rings. The highest BCUT2D eigenvalue weighted by Crippen LogP contribution is 2.19. The maximum atomic E-state index is 12.5. The molecule has 0 aliphatic heterocycles. The topological polar surface area (TPSA) is 85.6 Å². The Morgan fingerprint density at radius 1 is 1.30 bits per heavy atom. The van der Waals surface area contributed by atoms with Gasteiger partial charge in [-0.05, 0) is 49.2 Å². The lowest BCUT2D eigenvalue weighted by Crippen LogP contribution is -3.11. The van der Waals surface area contributed by atoms with E-state index in [1.54, 1.807) is 24.5 Å². The molecule has 2 heterocycles. The lowest BCUT2D eigenvalue weighted by atomic mass is 10.2. The van der Waals surface area contributed by atoms with E-state index < -0.39 is 0 Å². The summed E-state index contributed by atoms with van der Waals surface area (Å²) in [6.07, 6.45) is 2.48. The van der Waals surface area contributed by atoms with E-state index in [2.05, 4.69) is 22.4 Å². The van der Waals surface area contributed by atoms with Gasteiger partial charge in [-0.15, -0.1) is 10.2 Å². The van der Waals surface area contributed by atoms with E-state index in [1.807, 2.05) is 19.1 Å². The van der Waals surface area contributed by atoms with Gasteiger partial charge in [0.15, 0.2) is 18.8 Å². The van der Waals surface area contributed by atoms with Gasteiger partial charge in [-0.2, -0.15) is 0 Å². The Bertz CT molecular complexity index is 892. The van der Waals surface area contributed by atoms with Crippen molar-refractivity contribution in [2.75, 3.05) is 18.4 Å². The van der Waals surface area contributed by atoms with Gasteiger partial charge in [0, 0.05) is 10.7 Å². The molecule has 0 radical (unpaired) electrons. The van der Waals surface area contributed by atoms with Crippen LogP contribution in [0.25, 0.3) is 11.7 Å². The summed E-state index contributed by atoms with van der Waals surface area (Å²) >= 11 is 5.96. The minimum Gasteiger partial charge on any atom is -0.459 e. The summed E-state index contributed by atoms with van der Waals surface area (Å²) in [7, 11) is 0. The van der Waals surface area contributed by atoms with Gasteiger partial charge in [-0.25, -0.2) is 0 Å². The Labute approximate surface area is 162 Å². The number of carbonyl (C=O) groups is 1. The normalized spacial score (nSPS) is 12.1. The summed E-state index contributed by atoms with van der Waals surface area (Å²) in [6.45, 7) is 5.56.